The molecule has 0 saturated carbocycles. The fraction of sp³-hybridized carbons (Fsp3) is 0.267. The van der Waals surface area contributed by atoms with E-state index in [1.807, 2.05) is 18.2 Å². The van der Waals surface area contributed by atoms with Gasteiger partial charge >= 0.3 is 5.97 Å². The molecule has 2 N–H and O–H groups in total. The average molecular weight is 317 g/mol. The van der Waals surface area contributed by atoms with E-state index in [1.165, 1.54) is 12.4 Å². The molecule has 0 fully saturated rings. The van der Waals surface area contributed by atoms with Crippen molar-refractivity contribution >= 4 is 11.8 Å². The number of ether oxygens (including phenoxy) is 2. The van der Waals surface area contributed by atoms with Crippen molar-refractivity contribution in [2.45, 2.75) is 13.1 Å². The maximum atomic E-state index is 12.1. The Hall–Kier alpha value is -3.03. The van der Waals surface area contributed by atoms with Gasteiger partial charge in [-0.15, -0.1) is 0 Å². The van der Waals surface area contributed by atoms with Crippen molar-refractivity contribution in [3.05, 3.63) is 46.5 Å². The molecule has 2 aromatic rings. The normalized spacial score (nSPS) is 12.7. The number of hydrogen-bond acceptors (Lipinski definition) is 6. The van der Waals surface area contributed by atoms with Gasteiger partial charge in [0.05, 0.1) is 0 Å². The summed E-state index contributed by atoms with van der Waals surface area (Å²) in [6.45, 7) is 0.988. The number of benzene rings is 1. The molecule has 0 bridgehead atoms. The summed E-state index contributed by atoms with van der Waals surface area (Å²) in [5.41, 5.74) is 0.413. The minimum absolute atomic E-state index is 0.101. The van der Waals surface area contributed by atoms with Crippen LogP contribution in [0.15, 0.2) is 35.4 Å². The van der Waals surface area contributed by atoms with Crippen molar-refractivity contribution in [3.63, 3.8) is 0 Å². The van der Waals surface area contributed by atoms with Crippen LogP contribution in [0.1, 0.15) is 5.56 Å². The first-order valence-electron chi connectivity index (χ1n) is 7.03. The summed E-state index contributed by atoms with van der Waals surface area (Å²) in [5, 5.41) is 11.7. The van der Waals surface area contributed by atoms with Crippen LogP contribution in [0.4, 0.5) is 5.82 Å². The van der Waals surface area contributed by atoms with Crippen molar-refractivity contribution in [3.8, 4) is 11.5 Å². The van der Waals surface area contributed by atoms with E-state index in [-0.39, 0.29) is 5.82 Å². The van der Waals surface area contributed by atoms with Gasteiger partial charge in [-0.1, -0.05) is 6.07 Å². The molecule has 0 spiro atoms. The molecule has 23 heavy (non-hydrogen) atoms. The van der Waals surface area contributed by atoms with Gasteiger partial charge in [-0.05, 0) is 17.7 Å². The van der Waals surface area contributed by atoms with Crippen LogP contribution >= 0.6 is 0 Å². The van der Waals surface area contributed by atoms with Crippen molar-refractivity contribution in [1.29, 1.82) is 0 Å². The maximum absolute atomic E-state index is 12.1. The summed E-state index contributed by atoms with van der Waals surface area (Å²) >= 11 is 0. The summed E-state index contributed by atoms with van der Waals surface area (Å²) in [5.74, 6) is 0.376. The van der Waals surface area contributed by atoms with Crippen LogP contribution in [0, 0.1) is 0 Å². The molecule has 0 radical (unpaired) electrons. The average Bonchev–Trinajstić information content (AvgIpc) is 2.55. The van der Waals surface area contributed by atoms with Crippen LogP contribution in [-0.4, -0.2) is 33.8 Å². The Morgan fingerprint density at radius 3 is 2.87 bits per heavy atom. The first-order valence-corrected chi connectivity index (χ1v) is 7.03. The molecule has 3 rings (SSSR count). The molecule has 1 aliphatic heterocycles. The van der Waals surface area contributed by atoms with Crippen LogP contribution in [0.2, 0.25) is 0 Å². The van der Waals surface area contributed by atoms with E-state index in [9.17, 15) is 9.59 Å². The number of nitrogens with zero attached hydrogens (tertiary/aromatic N) is 2. The van der Waals surface area contributed by atoms with Gasteiger partial charge in [0.2, 0.25) is 0 Å². The Balaban J connectivity index is 1.73. The minimum Gasteiger partial charge on any atom is -0.486 e. The maximum Gasteiger partial charge on any atom is 0.323 e. The SMILES string of the molecule is O=C(O)Cn1ccnc(NCc2ccc3c(c2)OCCO3)c1=O. The standard InChI is InChI=1S/C15H15N3O5/c19-13(20)9-18-4-3-16-14(15(18)21)17-8-10-1-2-11-12(7-10)23-6-5-22-11/h1-4,7H,5-6,8-9H2,(H,16,17)(H,19,20). The van der Waals surface area contributed by atoms with E-state index in [4.69, 9.17) is 14.6 Å². The van der Waals surface area contributed by atoms with Gasteiger partial charge in [-0.3, -0.25) is 14.2 Å². The van der Waals surface area contributed by atoms with Crippen LogP contribution in [0.25, 0.3) is 0 Å². The van der Waals surface area contributed by atoms with E-state index < -0.39 is 18.1 Å². The highest BCUT2D eigenvalue weighted by Crippen LogP contribution is 2.30. The molecular weight excluding hydrogens is 302 g/mol. The fourth-order valence-electron chi connectivity index (χ4n) is 2.22. The molecule has 8 nitrogen and oxygen atoms in total. The number of aromatic nitrogens is 2. The molecule has 0 amide bonds. The molecule has 0 aliphatic carbocycles. The lowest BCUT2D eigenvalue weighted by atomic mass is 10.2. The summed E-state index contributed by atoms with van der Waals surface area (Å²) < 4.78 is 12.0. The second-order valence-corrected chi connectivity index (χ2v) is 4.93. The predicted octanol–water partition coefficient (Wildman–Crippen LogP) is 0.711. The lowest BCUT2D eigenvalue weighted by Crippen LogP contribution is -2.27. The van der Waals surface area contributed by atoms with Gasteiger partial charge in [0.1, 0.15) is 19.8 Å². The summed E-state index contributed by atoms with van der Waals surface area (Å²) in [6.07, 6.45) is 2.72. The summed E-state index contributed by atoms with van der Waals surface area (Å²) in [4.78, 5) is 26.8. The first kappa shape index (κ1) is 14.9. The smallest absolute Gasteiger partial charge is 0.323 e. The van der Waals surface area contributed by atoms with E-state index in [1.54, 1.807) is 0 Å². The van der Waals surface area contributed by atoms with Gasteiger partial charge < -0.3 is 19.9 Å². The molecule has 0 unspecified atom stereocenters. The van der Waals surface area contributed by atoms with Crippen LogP contribution in [0.3, 0.4) is 0 Å². The van der Waals surface area contributed by atoms with Gasteiger partial charge in [0, 0.05) is 18.9 Å². The van der Waals surface area contributed by atoms with E-state index in [0.29, 0.717) is 31.3 Å². The molecule has 1 aromatic heterocycles. The Kier molecular flexibility index (Phi) is 4.13. The third-order valence-electron chi connectivity index (χ3n) is 3.29. The van der Waals surface area contributed by atoms with E-state index in [2.05, 4.69) is 10.3 Å². The minimum atomic E-state index is -1.09. The molecule has 1 aromatic carbocycles. The molecular formula is C15H15N3O5. The van der Waals surface area contributed by atoms with Crippen LogP contribution < -0.4 is 20.3 Å². The third kappa shape index (κ3) is 3.42. The number of anilines is 1. The number of nitrogens with one attached hydrogen (secondary N) is 1. The zero-order valence-electron chi connectivity index (χ0n) is 12.2. The quantitative estimate of drug-likeness (QED) is 0.837. The number of carboxylic acids is 1. The number of fused-ring (bicyclic) bond motifs is 1. The van der Waals surface area contributed by atoms with E-state index in [0.717, 1.165) is 10.1 Å². The predicted molar refractivity (Wildman–Crippen MR) is 80.9 cm³/mol. The number of rotatable bonds is 5. The highest BCUT2D eigenvalue weighted by Gasteiger charge is 2.12. The van der Waals surface area contributed by atoms with Gasteiger partial charge in [-0.25, -0.2) is 4.98 Å². The van der Waals surface area contributed by atoms with Crippen molar-refractivity contribution in [2.24, 2.45) is 0 Å². The van der Waals surface area contributed by atoms with Crippen molar-refractivity contribution in [2.75, 3.05) is 18.5 Å². The molecule has 0 atom stereocenters. The number of hydrogen-bond donors (Lipinski definition) is 2. The monoisotopic (exact) mass is 317 g/mol. The molecule has 120 valence electrons. The lowest BCUT2D eigenvalue weighted by Gasteiger charge is -2.19. The number of aliphatic carboxylic acids is 1. The second-order valence-electron chi connectivity index (χ2n) is 4.93. The Bertz CT molecular complexity index is 787. The summed E-state index contributed by atoms with van der Waals surface area (Å²) in [6, 6.07) is 5.51. The van der Waals surface area contributed by atoms with Crippen molar-refractivity contribution in [1.82, 2.24) is 9.55 Å². The Morgan fingerprint density at radius 1 is 1.30 bits per heavy atom. The third-order valence-corrected chi connectivity index (χ3v) is 3.29. The molecule has 8 heteroatoms. The largest absolute Gasteiger partial charge is 0.486 e. The number of carbonyl (C=O) groups is 1. The lowest BCUT2D eigenvalue weighted by molar-refractivity contribution is -0.137. The summed E-state index contributed by atoms with van der Waals surface area (Å²) in [7, 11) is 0. The zero-order valence-corrected chi connectivity index (χ0v) is 12.2. The highest BCUT2D eigenvalue weighted by atomic mass is 16.6. The van der Waals surface area contributed by atoms with Crippen LogP contribution in [-0.2, 0) is 17.9 Å². The number of carboxylic acid groups (broad SMARTS) is 1. The van der Waals surface area contributed by atoms with Gasteiger partial charge in [0.25, 0.3) is 5.56 Å². The van der Waals surface area contributed by atoms with Crippen LogP contribution in [0.5, 0.6) is 11.5 Å². The molecule has 2 heterocycles. The van der Waals surface area contributed by atoms with Crippen molar-refractivity contribution < 1.29 is 19.4 Å². The van der Waals surface area contributed by atoms with E-state index >= 15 is 0 Å². The molecule has 1 aliphatic rings. The molecule has 0 saturated heterocycles. The van der Waals surface area contributed by atoms with Gasteiger partial charge in [0.15, 0.2) is 17.3 Å². The highest BCUT2D eigenvalue weighted by molar-refractivity contribution is 5.66. The second kappa shape index (κ2) is 6.39. The van der Waals surface area contributed by atoms with Gasteiger partial charge in [-0.2, -0.15) is 0 Å². The first-order chi connectivity index (χ1) is 11.1. The Labute approximate surface area is 131 Å². The fourth-order valence-corrected chi connectivity index (χ4v) is 2.22. The zero-order chi connectivity index (χ0) is 16.2. The topological polar surface area (TPSA) is 103 Å². The Morgan fingerprint density at radius 2 is 2.09 bits per heavy atom.